The second-order valence-corrected chi connectivity index (χ2v) is 7.90. The predicted molar refractivity (Wildman–Crippen MR) is 110 cm³/mol. The number of benzene rings is 2. The lowest BCUT2D eigenvalue weighted by molar-refractivity contribution is -0.123. The van der Waals surface area contributed by atoms with Gasteiger partial charge in [0.05, 0.1) is 10.2 Å². The standard InChI is InChI=1S/C20H24BrN3O2/c1-13(14-6-5-7-16(22)10-14)23-24-19(25)12-26-18-9-8-15(11-17(18)21)20(2,3)4/h5-11H,12,22H2,1-4H3,(H,24,25)/b23-13+. The molecule has 0 aliphatic carbocycles. The van der Waals surface area contributed by atoms with Crippen LogP contribution >= 0.6 is 15.9 Å². The SMILES string of the molecule is C/C(=N\NC(=O)COc1ccc(C(C)(C)C)cc1Br)c1cccc(N)c1. The molecule has 0 saturated heterocycles. The average Bonchev–Trinajstić information content (AvgIpc) is 2.57. The fourth-order valence-electron chi connectivity index (χ4n) is 2.23. The van der Waals surface area contributed by atoms with E-state index in [-0.39, 0.29) is 17.9 Å². The van der Waals surface area contributed by atoms with Gasteiger partial charge < -0.3 is 10.5 Å². The molecule has 0 aliphatic rings. The number of nitrogens with one attached hydrogen (secondary N) is 1. The van der Waals surface area contributed by atoms with Gasteiger partial charge in [-0.2, -0.15) is 5.10 Å². The van der Waals surface area contributed by atoms with Crippen LogP contribution in [0.25, 0.3) is 0 Å². The van der Waals surface area contributed by atoms with Gasteiger partial charge in [-0.3, -0.25) is 4.79 Å². The highest BCUT2D eigenvalue weighted by Crippen LogP contribution is 2.31. The van der Waals surface area contributed by atoms with Crippen molar-refractivity contribution >= 4 is 33.2 Å². The molecule has 0 unspecified atom stereocenters. The third-order valence-electron chi connectivity index (χ3n) is 3.81. The maximum absolute atomic E-state index is 12.0. The molecular formula is C20H24BrN3O2. The number of hydrogen-bond acceptors (Lipinski definition) is 4. The minimum atomic E-state index is -0.333. The predicted octanol–water partition coefficient (Wildman–Crippen LogP) is 4.25. The molecule has 0 aliphatic heterocycles. The van der Waals surface area contributed by atoms with Gasteiger partial charge >= 0.3 is 0 Å². The van der Waals surface area contributed by atoms with E-state index in [4.69, 9.17) is 10.5 Å². The smallest absolute Gasteiger partial charge is 0.277 e. The van der Waals surface area contributed by atoms with Crippen molar-refractivity contribution in [3.63, 3.8) is 0 Å². The number of hydrogen-bond donors (Lipinski definition) is 2. The van der Waals surface area contributed by atoms with Crippen LogP contribution in [-0.2, 0) is 10.2 Å². The second kappa shape index (κ2) is 8.36. The van der Waals surface area contributed by atoms with Crippen LogP contribution in [0.15, 0.2) is 52.0 Å². The van der Waals surface area contributed by atoms with Crippen LogP contribution in [0.4, 0.5) is 5.69 Å². The first-order chi connectivity index (χ1) is 12.2. The topological polar surface area (TPSA) is 76.7 Å². The Bertz CT molecular complexity index is 826. The van der Waals surface area contributed by atoms with E-state index in [0.717, 1.165) is 10.0 Å². The molecule has 1 amide bonds. The van der Waals surface area contributed by atoms with Gasteiger partial charge in [0.1, 0.15) is 5.75 Å². The summed E-state index contributed by atoms with van der Waals surface area (Å²) >= 11 is 3.49. The van der Waals surface area contributed by atoms with E-state index in [1.54, 1.807) is 19.1 Å². The van der Waals surface area contributed by atoms with E-state index in [0.29, 0.717) is 17.1 Å². The summed E-state index contributed by atoms with van der Waals surface area (Å²) in [7, 11) is 0. The zero-order chi connectivity index (χ0) is 19.3. The molecule has 26 heavy (non-hydrogen) atoms. The van der Waals surface area contributed by atoms with Gasteiger partial charge in [0.2, 0.25) is 0 Å². The highest BCUT2D eigenvalue weighted by molar-refractivity contribution is 9.10. The number of amides is 1. The maximum atomic E-state index is 12.0. The molecule has 2 aromatic carbocycles. The number of nitrogens with zero attached hydrogens (tertiary/aromatic N) is 1. The summed E-state index contributed by atoms with van der Waals surface area (Å²) in [5.74, 6) is 0.282. The molecule has 5 nitrogen and oxygen atoms in total. The Kier molecular flexibility index (Phi) is 6.42. The fraction of sp³-hybridized carbons (Fsp3) is 0.300. The van der Waals surface area contributed by atoms with Crippen molar-refractivity contribution < 1.29 is 9.53 Å². The van der Waals surface area contributed by atoms with Crippen molar-refractivity contribution in [3.05, 3.63) is 58.1 Å². The normalized spacial score (nSPS) is 12.0. The third kappa shape index (κ3) is 5.59. The Balaban J connectivity index is 1.94. The first-order valence-electron chi connectivity index (χ1n) is 8.28. The number of ether oxygens (including phenoxy) is 1. The fourth-order valence-corrected chi connectivity index (χ4v) is 2.73. The third-order valence-corrected chi connectivity index (χ3v) is 4.43. The number of halogens is 1. The molecule has 0 aromatic heterocycles. The average molecular weight is 418 g/mol. The van der Waals surface area contributed by atoms with Gasteiger partial charge in [-0.1, -0.05) is 39.0 Å². The number of carbonyl (C=O) groups excluding carboxylic acids is 1. The second-order valence-electron chi connectivity index (χ2n) is 7.04. The van der Waals surface area contributed by atoms with Crippen LogP contribution in [0.2, 0.25) is 0 Å². The number of nitrogen functional groups attached to an aromatic ring is 1. The van der Waals surface area contributed by atoms with Crippen molar-refractivity contribution in [2.45, 2.75) is 33.1 Å². The minimum absolute atomic E-state index is 0.0471. The summed E-state index contributed by atoms with van der Waals surface area (Å²) in [4.78, 5) is 12.0. The highest BCUT2D eigenvalue weighted by Gasteiger charge is 2.15. The molecule has 138 valence electrons. The molecule has 2 rings (SSSR count). The maximum Gasteiger partial charge on any atom is 0.277 e. The molecule has 0 heterocycles. The molecule has 6 heteroatoms. The number of hydrazone groups is 1. The van der Waals surface area contributed by atoms with Crippen LogP contribution in [0.5, 0.6) is 5.75 Å². The molecule has 0 atom stereocenters. The van der Waals surface area contributed by atoms with Crippen molar-refractivity contribution in [2.24, 2.45) is 5.10 Å². The summed E-state index contributed by atoms with van der Waals surface area (Å²) in [5.41, 5.74) is 11.6. The Hall–Kier alpha value is -2.34. The van der Waals surface area contributed by atoms with Gasteiger partial charge in [0, 0.05) is 5.69 Å². The number of carbonyl (C=O) groups is 1. The highest BCUT2D eigenvalue weighted by atomic mass is 79.9. The molecule has 0 fully saturated rings. The van der Waals surface area contributed by atoms with Crippen LogP contribution in [0.3, 0.4) is 0 Å². The monoisotopic (exact) mass is 417 g/mol. The summed E-state index contributed by atoms with van der Waals surface area (Å²) in [5, 5.41) is 4.09. The van der Waals surface area contributed by atoms with Crippen LogP contribution < -0.4 is 15.9 Å². The van der Waals surface area contributed by atoms with Gasteiger partial charge in [-0.25, -0.2) is 5.43 Å². The van der Waals surface area contributed by atoms with Gasteiger partial charge in [-0.05, 0) is 63.7 Å². The summed E-state index contributed by atoms with van der Waals surface area (Å²) in [6, 6.07) is 13.2. The Morgan fingerprint density at radius 3 is 2.58 bits per heavy atom. The summed E-state index contributed by atoms with van der Waals surface area (Å²) in [6.45, 7) is 8.11. The number of anilines is 1. The van der Waals surface area contributed by atoms with Crippen molar-refractivity contribution in [1.29, 1.82) is 0 Å². The van der Waals surface area contributed by atoms with E-state index < -0.39 is 0 Å². The van der Waals surface area contributed by atoms with Crippen molar-refractivity contribution in [3.8, 4) is 5.75 Å². The molecule has 0 bridgehead atoms. The van der Waals surface area contributed by atoms with E-state index in [9.17, 15) is 4.79 Å². The molecule has 0 radical (unpaired) electrons. The number of nitrogens with two attached hydrogens (primary N) is 1. The Morgan fingerprint density at radius 2 is 1.96 bits per heavy atom. The van der Waals surface area contributed by atoms with E-state index in [1.807, 2.05) is 30.3 Å². The largest absolute Gasteiger partial charge is 0.483 e. The summed E-state index contributed by atoms with van der Waals surface area (Å²) in [6.07, 6.45) is 0. The van der Waals surface area contributed by atoms with Crippen LogP contribution in [0.1, 0.15) is 38.8 Å². The lowest BCUT2D eigenvalue weighted by Crippen LogP contribution is -2.25. The van der Waals surface area contributed by atoms with Crippen LogP contribution in [-0.4, -0.2) is 18.2 Å². The van der Waals surface area contributed by atoms with Gasteiger partial charge in [0.15, 0.2) is 6.61 Å². The lowest BCUT2D eigenvalue weighted by atomic mass is 9.87. The Morgan fingerprint density at radius 1 is 1.23 bits per heavy atom. The zero-order valence-corrected chi connectivity index (χ0v) is 17.1. The molecule has 0 spiro atoms. The molecular weight excluding hydrogens is 394 g/mol. The van der Waals surface area contributed by atoms with Gasteiger partial charge in [-0.15, -0.1) is 0 Å². The summed E-state index contributed by atoms with van der Waals surface area (Å²) < 4.78 is 6.39. The molecule has 3 N–H and O–H groups in total. The molecule has 0 saturated carbocycles. The van der Waals surface area contributed by atoms with E-state index in [1.165, 1.54) is 5.56 Å². The van der Waals surface area contributed by atoms with E-state index in [2.05, 4.69) is 47.2 Å². The van der Waals surface area contributed by atoms with E-state index >= 15 is 0 Å². The first-order valence-corrected chi connectivity index (χ1v) is 9.08. The Labute approximate surface area is 162 Å². The quantitative estimate of drug-likeness (QED) is 0.433. The van der Waals surface area contributed by atoms with Crippen molar-refractivity contribution in [2.75, 3.05) is 12.3 Å². The minimum Gasteiger partial charge on any atom is -0.483 e. The number of rotatable bonds is 5. The first kappa shape index (κ1) is 20.0. The van der Waals surface area contributed by atoms with Crippen LogP contribution in [0, 0.1) is 0 Å². The van der Waals surface area contributed by atoms with Gasteiger partial charge in [0.25, 0.3) is 5.91 Å². The lowest BCUT2D eigenvalue weighted by Gasteiger charge is -2.20. The molecule has 2 aromatic rings. The van der Waals surface area contributed by atoms with Crippen molar-refractivity contribution in [1.82, 2.24) is 5.43 Å². The zero-order valence-electron chi connectivity index (χ0n) is 15.5.